The Balaban J connectivity index is 0.00000148. The van der Waals surface area contributed by atoms with Gasteiger partial charge >= 0.3 is 0 Å². The third-order valence-corrected chi connectivity index (χ3v) is 9.36. The smallest absolute Gasteiger partial charge is 0.217 e. The molecule has 0 aliphatic heterocycles. The normalized spacial score (nSPS) is 11.5. The first-order valence-electron chi connectivity index (χ1n) is 19.4. The number of aromatic nitrogens is 1. The zero-order chi connectivity index (χ0) is 35.1. The van der Waals surface area contributed by atoms with E-state index in [4.69, 9.17) is 0 Å². The Morgan fingerprint density at radius 3 is 1.29 bits per heavy atom. The van der Waals surface area contributed by atoms with Crippen LogP contribution in [0.4, 0.5) is 5.69 Å². The molecule has 0 atom stereocenters. The quantitative estimate of drug-likeness (QED) is 0.0385. The first-order valence-corrected chi connectivity index (χ1v) is 20.8. The molecule has 0 fully saturated rings. The van der Waals surface area contributed by atoms with Crippen molar-refractivity contribution in [2.24, 2.45) is 0 Å². The summed E-state index contributed by atoms with van der Waals surface area (Å²) in [7, 11) is -4.42. The van der Waals surface area contributed by atoms with Gasteiger partial charge in [-0.2, -0.15) is 0 Å². The Bertz CT molecular complexity index is 1110. The molecule has 2 aromatic rings. The average Bonchev–Trinajstić information content (AvgIpc) is 3.08. The van der Waals surface area contributed by atoms with Gasteiger partial charge in [-0.25, -0.2) is 13.0 Å². The molecule has 0 spiro atoms. The molecule has 0 amide bonds. The van der Waals surface area contributed by atoms with Gasteiger partial charge in [-0.1, -0.05) is 154 Å². The van der Waals surface area contributed by atoms with Crippen LogP contribution in [0.25, 0.3) is 12.2 Å². The highest BCUT2D eigenvalue weighted by atomic mass is 32.3. The number of nitrogens with zero attached hydrogens (tertiary/aromatic N) is 2. The van der Waals surface area contributed by atoms with Crippen molar-refractivity contribution in [3.63, 3.8) is 0 Å². The minimum atomic E-state index is -4.42. The zero-order valence-electron chi connectivity index (χ0n) is 31.2. The minimum Gasteiger partial charge on any atom is -0.726 e. The van der Waals surface area contributed by atoms with E-state index < -0.39 is 10.4 Å². The molecule has 1 aromatic carbocycles. The molecule has 1 heterocycles. The first-order chi connectivity index (χ1) is 23.3. The van der Waals surface area contributed by atoms with E-state index in [0.717, 1.165) is 6.54 Å². The fraction of sp³-hybridized carbons (Fsp3) is 0.683. The van der Waals surface area contributed by atoms with Crippen molar-refractivity contribution in [2.45, 2.75) is 163 Å². The Labute approximate surface area is 296 Å². The number of hydrogen-bond acceptors (Lipinski definition) is 5. The summed E-state index contributed by atoms with van der Waals surface area (Å²) >= 11 is 0. The van der Waals surface area contributed by atoms with Crippen LogP contribution in [0.1, 0.15) is 167 Å². The summed E-state index contributed by atoms with van der Waals surface area (Å²) in [6.07, 6.45) is 36.8. The molecule has 6 nitrogen and oxygen atoms in total. The predicted molar refractivity (Wildman–Crippen MR) is 205 cm³/mol. The fourth-order valence-electron chi connectivity index (χ4n) is 5.87. The lowest BCUT2D eigenvalue weighted by Crippen LogP contribution is -2.30. The number of rotatable bonds is 28. The number of hydrogen-bond donors (Lipinski definition) is 0. The second-order valence-electron chi connectivity index (χ2n) is 13.1. The van der Waals surface area contributed by atoms with Crippen molar-refractivity contribution in [2.75, 3.05) is 24.6 Å². The number of benzene rings is 1. The van der Waals surface area contributed by atoms with Crippen LogP contribution in [0, 0.1) is 0 Å². The topological polar surface area (TPSA) is 73.5 Å². The van der Waals surface area contributed by atoms with Crippen LogP contribution in [0.3, 0.4) is 0 Å². The summed E-state index contributed by atoms with van der Waals surface area (Å²) in [5.41, 5.74) is 3.93. The van der Waals surface area contributed by atoms with Crippen molar-refractivity contribution in [3.05, 3.63) is 59.9 Å². The highest BCUT2D eigenvalue weighted by Crippen LogP contribution is 2.20. The van der Waals surface area contributed by atoms with E-state index in [9.17, 15) is 13.0 Å². The summed E-state index contributed by atoms with van der Waals surface area (Å²) in [6, 6.07) is 13.7. The Kier molecular flexibility index (Phi) is 27.1. The van der Waals surface area contributed by atoms with Gasteiger partial charge in [0.2, 0.25) is 10.4 Å². The third-order valence-electron chi connectivity index (χ3n) is 8.83. The molecule has 2 rings (SSSR count). The van der Waals surface area contributed by atoms with Crippen molar-refractivity contribution in [1.29, 1.82) is 0 Å². The van der Waals surface area contributed by atoms with E-state index in [2.05, 4.69) is 95.4 Å². The summed E-state index contributed by atoms with van der Waals surface area (Å²) in [4.78, 5) is 2.67. The van der Waals surface area contributed by atoms with E-state index in [1.807, 2.05) is 0 Å². The minimum absolute atomic E-state index is 0.0914. The maximum absolute atomic E-state index is 9.45. The maximum atomic E-state index is 9.45. The molecule has 0 saturated heterocycles. The molecular formula is C41H70N2O4S. The molecule has 0 aliphatic carbocycles. The molecule has 0 radical (unpaired) electrons. The highest BCUT2D eigenvalue weighted by molar-refractivity contribution is 7.80. The molecule has 1 aromatic heterocycles. The van der Waals surface area contributed by atoms with Gasteiger partial charge in [0.15, 0.2) is 12.4 Å². The summed E-state index contributed by atoms with van der Waals surface area (Å²) < 4.78 is 34.2. The molecule has 7 heteroatoms. The van der Waals surface area contributed by atoms with Crippen LogP contribution >= 0.6 is 0 Å². The van der Waals surface area contributed by atoms with Gasteiger partial charge in [0.1, 0.15) is 6.54 Å². The van der Waals surface area contributed by atoms with Crippen LogP contribution in [-0.4, -0.2) is 32.7 Å². The maximum Gasteiger partial charge on any atom is 0.217 e. The lowest BCUT2D eigenvalue weighted by Gasteiger charge is -2.25. The van der Waals surface area contributed by atoms with Crippen molar-refractivity contribution in [1.82, 2.24) is 0 Å². The summed E-state index contributed by atoms with van der Waals surface area (Å²) in [5, 5.41) is 0. The van der Waals surface area contributed by atoms with Crippen molar-refractivity contribution < 1.29 is 21.7 Å². The van der Waals surface area contributed by atoms with Crippen LogP contribution in [0.5, 0.6) is 0 Å². The number of unbranched alkanes of at least 4 members (excludes halogenated alkanes) is 18. The molecule has 0 aliphatic rings. The van der Waals surface area contributed by atoms with E-state index in [1.165, 1.54) is 165 Å². The predicted octanol–water partition coefficient (Wildman–Crippen LogP) is 11.3. The SMILES string of the molecule is CCCCCCCCCCCCN(CCCCCCCCCCCC)c1ccc(/C=C/c2cc[n+](CC)cc2)cc1.CCOS(=O)(=O)[O-]. The van der Waals surface area contributed by atoms with Gasteiger partial charge in [-0.05, 0) is 49.9 Å². The highest BCUT2D eigenvalue weighted by Gasteiger charge is 2.07. The molecular weight excluding hydrogens is 617 g/mol. The molecule has 0 unspecified atom stereocenters. The number of pyridine rings is 1. The largest absolute Gasteiger partial charge is 0.726 e. The summed E-state index contributed by atoms with van der Waals surface area (Å²) in [6.45, 7) is 11.5. The van der Waals surface area contributed by atoms with E-state index >= 15 is 0 Å². The van der Waals surface area contributed by atoms with Gasteiger partial charge in [0.25, 0.3) is 0 Å². The Morgan fingerprint density at radius 1 is 0.583 bits per heavy atom. The van der Waals surface area contributed by atoms with Crippen molar-refractivity contribution >= 4 is 28.2 Å². The Morgan fingerprint density at radius 2 is 0.958 bits per heavy atom. The molecule has 48 heavy (non-hydrogen) atoms. The third kappa shape index (κ3) is 24.9. The van der Waals surface area contributed by atoms with Gasteiger partial charge in [0, 0.05) is 30.9 Å². The van der Waals surface area contributed by atoms with E-state index in [-0.39, 0.29) is 6.61 Å². The zero-order valence-corrected chi connectivity index (χ0v) is 32.0. The number of anilines is 1. The van der Waals surface area contributed by atoms with Crippen molar-refractivity contribution in [3.8, 4) is 0 Å². The van der Waals surface area contributed by atoms with Crippen LogP contribution in [-0.2, 0) is 21.1 Å². The summed E-state index contributed by atoms with van der Waals surface area (Å²) in [5.74, 6) is 0. The average molecular weight is 687 g/mol. The van der Waals surface area contributed by atoms with E-state index in [0.29, 0.717) is 0 Å². The monoisotopic (exact) mass is 687 g/mol. The second kappa shape index (κ2) is 29.7. The lowest BCUT2D eigenvalue weighted by atomic mass is 10.1. The standard InChI is InChI=1S/C39H65N2.C2H6O4S/c1-4-7-9-11-13-15-17-19-21-23-33-41(34-24-22-20-18-16-14-12-10-8-5-2)39-29-27-37(28-30-39)25-26-38-31-35-40(6-3)36-32-38;1-2-6-7(3,4)5/h25-32,35-36H,4-24,33-34H2,1-3H3;2H2,1H3,(H,3,4,5)/q+1;/p-1. The lowest BCUT2D eigenvalue weighted by molar-refractivity contribution is -0.693. The molecule has 0 saturated carbocycles. The van der Waals surface area contributed by atoms with Gasteiger partial charge in [-0.15, -0.1) is 0 Å². The first kappa shape index (κ1) is 43.8. The fourth-order valence-corrected chi connectivity index (χ4v) is 6.16. The second-order valence-corrected chi connectivity index (χ2v) is 14.1. The van der Waals surface area contributed by atoms with Crippen LogP contribution < -0.4 is 9.47 Å². The van der Waals surface area contributed by atoms with Crippen LogP contribution in [0.15, 0.2) is 48.8 Å². The van der Waals surface area contributed by atoms with Gasteiger partial charge < -0.3 is 9.45 Å². The number of aryl methyl sites for hydroxylation is 1. The van der Waals surface area contributed by atoms with Crippen LogP contribution in [0.2, 0.25) is 0 Å². The van der Waals surface area contributed by atoms with Gasteiger partial charge in [-0.3, -0.25) is 4.18 Å². The van der Waals surface area contributed by atoms with E-state index in [1.54, 1.807) is 0 Å². The molecule has 0 N–H and O–H groups in total. The molecule has 0 bridgehead atoms. The molecule has 274 valence electrons. The van der Waals surface area contributed by atoms with Gasteiger partial charge in [0.05, 0.1) is 6.61 Å². The Hall–Kier alpha value is -2.22.